The first-order valence-electron chi connectivity index (χ1n) is 5.05. The maximum absolute atomic E-state index is 13.6. The van der Waals surface area contributed by atoms with Crippen LogP contribution in [0.3, 0.4) is 0 Å². The van der Waals surface area contributed by atoms with E-state index in [0.717, 1.165) is 18.9 Å². The average Bonchev–Trinajstić information content (AvgIpc) is 2.23. The second-order valence-corrected chi connectivity index (χ2v) is 4.24. The van der Waals surface area contributed by atoms with Crippen LogP contribution in [0.1, 0.15) is 18.4 Å². The van der Waals surface area contributed by atoms with E-state index in [-0.39, 0.29) is 11.5 Å². The van der Waals surface area contributed by atoms with Crippen molar-refractivity contribution in [2.75, 3.05) is 13.7 Å². The number of halogens is 2. The van der Waals surface area contributed by atoms with Gasteiger partial charge in [0.2, 0.25) is 0 Å². The molecule has 0 atom stereocenters. The Morgan fingerprint density at radius 1 is 1.50 bits per heavy atom. The van der Waals surface area contributed by atoms with Crippen LogP contribution in [0.2, 0.25) is 0 Å². The third-order valence-electron chi connectivity index (χ3n) is 2.33. The number of aromatic hydroxyl groups is 1. The number of ether oxygens (including phenoxy) is 1. The smallest absolute Gasteiger partial charge is 0.175 e. The molecule has 0 aliphatic heterocycles. The number of benzene rings is 1. The van der Waals surface area contributed by atoms with Gasteiger partial charge >= 0.3 is 0 Å². The molecule has 1 aromatic carbocycles. The number of hydrogen-bond acceptors (Lipinski definition) is 3. The van der Waals surface area contributed by atoms with Crippen LogP contribution >= 0.6 is 15.9 Å². The van der Waals surface area contributed by atoms with Gasteiger partial charge in [-0.25, -0.2) is 4.39 Å². The Bertz CT molecular complexity index is 371. The zero-order valence-electron chi connectivity index (χ0n) is 9.09. The van der Waals surface area contributed by atoms with Gasteiger partial charge in [-0.3, -0.25) is 0 Å². The summed E-state index contributed by atoms with van der Waals surface area (Å²) in [5, 5.41) is 9.45. The summed E-state index contributed by atoms with van der Waals surface area (Å²) in [6.45, 7) is 0.592. The van der Waals surface area contributed by atoms with Gasteiger partial charge in [0, 0.05) is 11.6 Å². The lowest BCUT2D eigenvalue weighted by Gasteiger charge is -2.11. The van der Waals surface area contributed by atoms with Gasteiger partial charge in [0.05, 0.1) is 11.6 Å². The zero-order chi connectivity index (χ0) is 12.1. The maximum atomic E-state index is 13.6. The first-order valence-corrected chi connectivity index (χ1v) is 5.85. The topological polar surface area (TPSA) is 55.5 Å². The van der Waals surface area contributed by atoms with Crippen LogP contribution < -0.4 is 10.5 Å². The molecule has 0 saturated heterocycles. The van der Waals surface area contributed by atoms with Crippen molar-refractivity contribution in [3.05, 3.63) is 21.9 Å². The van der Waals surface area contributed by atoms with Crippen molar-refractivity contribution in [1.82, 2.24) is 0 Å². The summed E-state index contributed by atoms with van der Waals surface area (Å²) in [5.74, 6) is -0.360. The Morgan fingerprint density at radius 2 is 2.19 bits per heavy atom. The van der Waals surface area contributed by atoms with Crippen LogP contribution in [0, 0.1) is 5.82 Å². The number of nitrogens with two attached hydrogens (primary N) is 1. The van der Waals surface area contributed by atoms with Crippen molar-refractivity contribution >= 4 is 15.9 Å². The number of rotatable bonds is 5. The third-order valence-corrected chi connectivity index (χ3v) is 3.17. The van der Waals surface area contributed by atoms with Crippen LogP contribution in [0.15, 0.2) is 10.5 Å². The molecule has 0 fully saturated rings. The number of unbranched alkanes of at least 4 members (excludes halogenated alkanes) is 1. The van der Waals surface area contributed by atoms with Crippen LogP contribution in [-0.4, -0.2) is 18.8 Å². The molecule has 5 heteroatoms. The van der Waals surface area contributed by atoms with Crippen LogP contribution in [0.25, 0.3) is 0 Å². The van der Waals surface area contributed by atoms with Gasteiger partial charge in [-0.1, -0.05) is 0 Å². The molecule has 0 aliphatic carbocycles. The van der Waals surface area contributed by atoms with Gasteiger partial charge in [0.25, 0.3) is 0 Å². The third kappa shape index (κ3) is 2.86. The van der Waals surface area contributed by atoms with Crippen molar-refractivity contribution in [3.63, 3.8) is 0 Å². The molecular weight excluding hydrogens is 277 g/mol. The molecule has 0 radical (unpaired) electrons. The Kier molecular flexibility index (Phi) is 5.02. The van der Waals surface area contributed by atoms with Gasteiger partial charge in [-0.15, -0.1) is 0 Å². The largest absolute Gasteiger partial charge is 0.504 e. The van der Waals surface area contributed by atoms with Gasteiger partial charge in [-0.2, -0.15) is 0 Å². The molecule has 1 rings (SSSR count). The Balaban J connectivity index is 2.98. The van der Waals surface area contributed by atoms with E-state index >= 15 is 0 Å². The SMILES string of the molecule is COc1c(O)cc(F)c(CCCCN)c1Br. The normalized spacial score (nSPS) is 10.5. The molecule has 90 valence electrons. The summed E-state index contributed by atoms with van der Waals surface area (Å²) in [7, 11) is 1.43. The molecular formula is C11H15BrFNO2. The number of phenolic OH excluding ortho intramolecular Hbond substituents is 1. The quantitative estimate of drug-likeness (QED) is 0.820. The molecule has 1 aromatic rings. The molecule has 3 nitrogen and oxygen atoms in total. The maximum Gasteiger partial charge on any atom is 0.175 e. The van der Waals surface area contributed by atoms with Gasteiger partial charge in [0.1, 0.15) is 5.82 Å². The van der Waals surface area contributed by atoms with E-state index < -0.39 is 5.82 Å². The van der Waals surface area contributed by atoms with Gasteiger partial charge < -0.3 is 15.6 Å². The first-order chi connectivity index (χ1) is 7.61. The number of methoxy groups -OCH3 is 1. The minimum absolute atomic E-state index is 0.200. The lowest BCUT2D eigenvalue weighted by Crippen LogP contribution is -2.01. The van der Waals surface area contributed by atoms with Crippen molar-refractivity contribution in [1.29, 1.82) is 0 Å². The molecule has 0 amide bonds. The second kappa shape index (κ2) is 6.06. The van der Waals surface area contributed by atoms with Crippen LogP contribution in [0.4, 0.5) is 4.39 Å². The molecule has 0 bridgehead atoms. The van der Waals surface area contributed by atoms with E-state index in [1.165, 1.54) is 7.11 Å². The highest BCUT2D eigenvalue weighted by atomic mass is 79.9. The van der Waals surface area contributed by atoms with Gasteiger partial charge in [0.15, 0.2) is 11.5 Å². The van der Waals surface area contributed by atoms with E-state index in [1.807, 2.05) is 0 Å². The fourth-order valence-electron chi connectivity index (χ4n) is 1.50. The van der Waals surface area contributed by atoms with Gasteiger partial charge in [-0.05, 0) is 41.7 Å². The Labute approximate surface area is 103 Å². The number of hydrogen-bond donors (Lipinski definition) is 2. The minimum Gasteiger partial charge on any atom is -0.504 e. The van der Waals surface area contributed by atoms with E-state index in [9.17, 15) is 9.50 Å². The van der Waals surface area contributed by atoms with Crippen LogP contribution in [0.5, 0.6) is 11.5 Å². The lowest BCUT2D eigenvalue weighted by molar-refractivity contribution is 0.367. The van der Waals surface area contributed by atoms with E-state index in [1.54, 1.807) is 0 Å². The minimum atomic E-state index is -0.429. The second-order valence-electron chi connectivity index (χ2n) is 3.45. The predicted octanol–water partition coefficient (Wildman–Crippen LogP) is 2.58. The predicted molar refractivity (Wildman–Crippen MR) is 64.3 cm³/mol. The Morgan fingerprint density at radius 3 is 2.75 bits per heavy atom. The molecule has 0 spiro atoms. The van der Waals surface area contributed by atoms with Crippen molar-refractivity contribution in [2.24, 2.45) is 5.73 Å². The highest BCUT2D eigenvalue weighted by Crippen LogP contribution is 2.39. The van der Waals surface area contributed by atoms with E-state index in [0.29, 0.717) is 23.0 Å². The average molecular weight is 292 g/mol. The molecule has 0 heterocycles. The summed E-state index contributed by atoms with van der Waals surface area (Å²) in [5.41, 5.74) is 5.90. The number of phenols is 1. The molecule has 0 unspecified atom stereocenters. The Hall–Kier alpha value is -0.810. The summed E-state index contributed by atoms with van der Waals surface area (Å²) in [4.78, 5) is 0. The van der Waals surface area contributed by atoms with Crippen LogP contribution in [-0.2, 0) is 6.42 Å². The molecule has 0 aromatic heterocycles. The zero-order valence-corrected chi connectivity index (χ0v) is 10.7. The molecule has 16 heavy (non-hydrogen) atoms. The summed E-state index contributed by atoms with van der Waals surface area (Å²) in [6, 6.07) is 1.07. The van der Waals surface area contributed by atoms with Crippen molar-refractivity contribution < 1.29 is 14.2 Å². The monoisotopic (exact) mass is 291 g/mol. The van der Waals surface area contributed by atoms with E-state index in [4.69, 9.17) is 10.5 Å². The highest BCUT2D eigenvalue weighted by molar-refractivity contribution is 9.10. The fraction of sp³-hybridized carbons (Fsp3) is 0.455. The van der Waals surface area contributed by atoms with Crippen molar-refractivity contribution in [2.45, 2.75) is 19.3 Å². The summed E-state index contributed by atoms with van der Waals surface area (Å²) < 4.78 is 19.0. The summed E-state index contributed by atoms with van der Waals surface area (Å²) in [6.07, 6.45) is 2.22. The standard InChI is InChI=1S/C11H15BrFNO2/c1-16-11-9(15)6-8(13)7(10(11)12)4-2-3-5-14/h6,15H,2-5,14H2,1H3. The van der Waals surface area contributed by atoms with E-state index in [2.05, 4.69) is 15.9 Å². The molecule has 0 aliphatic rings. The highest BCUT2D eigenvalue weighted by Gasteiger charge is 2.16. The lowest BCUT2D eigenvalue weighted by atomic mass is 10.1. The molecule has 3 N–H and O–H groups in total. The summed E-state index contributed by atoms with van der Waals surface area (Å²) >= 11 is 3.24. The first kappa shape index (κ1) is 13.3. The fourth-order valence-corrected chi connectivity index (χ4v) is 2.25. The molecule has 0 saturated carbocycles. The van der Waals surface area contributed by atoms with Crippen molar-refractivity contribution in [3.8, 4) is 11.5 Å².